The summed E-state index contributed by atoms with van der Waals surface area (Å²) in [6.45, 7) is 5.84. The summed E-state index contributed by atoms with van der Waals surface area (Å²) in [5.41, 5.74) is 2.37. The van der Waals surface area contributed by atoms with Gasteiger partial charge in [0.2, 0.25) is 0 Å². The fourth-order valence-corrected chi connectivity index (χ4v) is 4.00. The average molecular weight is 457 g/mol. The zero-order chi connectivity index (χ0) is 23.4. The number of halogens is 1. The summed E-state index contributed by atoms with van der Waals surface area (Å²) in [4.78, 5) is 40.3. The van der Waals surface area contributed by atoms with Gasteiger partial charge in [-0.25, -0.2) is 4.79 Å². The van der Waals surface area contributed by atoms with Gasteiger partial charge < -0.3 is 18.6 Å². The molecule has 0 aliphatic rings. The van der Waals surface area contributed by atoms with E-state index >= 15 is 0 Å². The van der Waals surface area contributed by atoms with Crippen molar-refractivity contribution in [3.05, 3.63) is 81.5 Å². The Morgan fingerprint density at radius 2 is 1.81 bits per heavy atom. The van der Waals surface area contributed by atoms with Crippen molar-refractivity contribution < 1.29 is 23.5 Å². The zero-order valence-corrected chi connectivity index (χ0v) is 19.2. The average Bonchev–Trinajstić information content (AvgIpc) is 3.37. The smallest absolute Gasteiger partial charge is 0.354 e. The number of hydrogen-bond acceptors (Lipinski definition) is 5. The van der Waals surface area contributed by atoms with Crippen molar-refractivity contribution in [2.24, 2.45) is 0 Å². The lowest BCUT2D eigenvalue weighted by Crippen LogP contribution is -2.35. The second-order valence-electron chi connectivity index (χ2n) is 7.34. The molecule has 1 aromatic carbocycles. The fourth-order valence-electron chi connectivity index (χ4n) is 3.88. The lowest BCUT2D eigenvalue weighted by molar-refractivity contribution is 0.0587. The van der Waals surface area contributed by atoms with Crippen molar-refractivity contribution in [2.45, 2.75) is 33.9 Å². The van der Waals surface area contributed by atoms with E-state index < -0.39 is 5.97 Å². The van der Waals surface area contributed by atoms with Crippen molar-refractivity contribution in [1.82, 2.24) is 9.47 Å². The highest BCUT2D eigenvalue weighted by Gasteiger charge is 2.28. The topological polar surface area (TPSA) is 81.8 Å². The minimum Gasteiger partial charge on any atom is -0.467 e. The third kappa shape index (κ3) is 4.62. The summed E-state index contributed by atoms with van der Waals surface area (Å²) >= 11 is 5.94. The van der Waals surface area contributed by atoms with Crippen LogP contribution < -0.4 is 0 Å². The quantitative estimate of drug-likeness (QED) is 0.363. The molecule has 0 atom stereocenters. The van der Waals surface area contributed by atoms with Crippen LogP contribution >= 0.6 is 11.6 Å². The number of carbonyl (C=O) groups excluding carboxylic acids is 3. The molecule has 0 aliphatic carbocycles. The molecule has 3 rings (SSSR count). The molecule has 2 heterocycles. The van der Waals surface area contributed by atoms with Crippen LogP contribution in [0.25, 0.3) is 0 Å². The van der Waals surface area contributed by atoms with Gasteiger partial charge in [-0.1, -0.05) is 11.6 Å². The number of furan rings is 1. The first kappa shape index (κ1) is 23.3. The highest BCUT2D eigenvalue weighted by Crippen LogP contribution is 2.25. The fraction of sp³-hybridized carbons (Fsp3) is 0.292. The molecule has 0 spiro atoms. The predicted octanol–water partition coefficient (Wildman–Crippen LogP) is 4.68. The van der Waals surface area contributed by atoms with Crippen LogP contribution in [0, 0.1) is 13.8 Å². The molecule has 0 N–H and O–H groups in total. The number of nitrogens with zero attached hydrogens (tertiary/aromatic N) is 2. The van der Waals surface area contributed by atoms with Crippen LogP contribution in [0.2, 0.25) is 5.02 Å². The first-order chi connectivity index (χ1) is 15.3. The molecule has 8 heteroatoms. The van der Waals surface area contributed by atoms with Gasteiger partial charge in [-0.3, -0.25) is 9.59 Å². The summed E-state index contributed by atoms with van der Waals surface area (Å²) in [5.74, 6) is -0.554. The number of Topliss-reactive ketones (excluding diaryl/α,β-unsaturated/α-hetero) is 1. The highest BCUT2D eigenvalue weighted by atomic mass is 35.5. The molecule has 168 valence electrons. The van der Waals surface area contributed by atoms with E-state index in [9.17, 15) is 14.4 Å². The predicted molar refractivity (Wildman–Crippen MR) is 120 cm³/mol. The van der Waals surface area contributed by atoms with Gasteiger partial charge in [0, 0.05) is 28.4 Å². The van der Waals surface area contributed by atoms with E-state index in [4.69, 9.17) is 20.8 Å². The first-order valence-electron chi connectivity index (χ1n) is 10.2. The monoisotopic (exact) mass is 456 g/mol. The van der Waals surface area contributed by atoms with E-state index in [1.165, 1.54) is 18.3 Å². The number of esters is 1. The molecule has 3 aromatic rings. The zero-order valence-electron chi connectivity index (χ0n) is 18.5. The molecule has 7 nitrogen and oxygen atoms in total. The van der Waals surface area contributed by atoms with Crippen LogP contribution in [0.3, 0.4) is 0 Å². The van der Waals surface area contributed by atoms with E-state index in [1.54, 1.807) is 54.8 Å². The second-order valence-corrected chi connectivity index (χ2v) is 7.78. The number of ketones is 1. The van der Waals surface area contributed by atoms with Crippen LogP contribution in [0.15, 0.2) is 47.1 Å². The molecule has 0 saturated heterocycles. The third-order valence-electron chi connectivity index (χ3n) is 5.38. The molecule has 0 saturated carbocycles. The number of carbonyl (C=O) groups is 3. The Balaban J connectivity index is 1.96. The van der Waals surface area contributed by atoms with Gasteiger partial charge in [-0.2, -0.15) is 0 Å². The molecule has 0 bridgehead atoms. The Labute approximate surface area is 191 Å². The van der Waals surface area contributed by atoms with Crippen LogP contribution in [0.5, 0.6) is 0 Å². The maximum Gasteiger partial charge on any atom is 0.354 e. The minimum absolute atomic E-state index is 0.122. The summed E-state index contributed by atoms with van der Waals surface area (Å²) in [6.07, 6.45) is 1.51. The molecule has 1 amide bonds. The van der Waals surface area contributed by atoms with Gasteiger partial charge in [-0.05, 0) is 62.7 Å². The maximum absolute atomic E-state index is 13.4. The third-order valence-corrected chi connectivity index (χ3v) is 5.63. The van der Waals surface area contributed by atoms with Crippen LogP contribution in [-0.2, 0) is 17.8 Å². The van der Waals surface area contributed by atoms with Crippen LogP contribution in [0.1, 0.15) is 55.1 Å². The van der Waals surface area contributed by atoms with Crippen molar-refractivity contribution in [3.63, 3.8) is 0 Å². The summed E-state index contributed by atoms with van der Waals surface area (Å²) < 4.78 is 12.1. The number of amides is 1. The normalized spacial score (nSPS) is 10.8. The molecule has 0 aliphatic heterocycles. The largest absolute Gasteiger partial charge is 0.467 e. The van der Waals surface area contributed by atoms with Gasteiger partial charge >= 0.3 is 5.97 Å². The Morgan fingerprint density at radius 1 is 1.12 bits per heavy atom. The Kier molecular flexibility index (Phi) is 7.20. The second kappa shape index (κ2) is 9.87. The van der Waals surface area contributed by atoms with Crippen molar-refractivity contribution in [2.75, 3.05) is 13.7 Å². The molecule has 0 fully saturated rings. The summed E-state index contributed by atoms with van der Waals surface area (Å²) in [5, 5.41) is 0.512. The van der Waals surface area contributed by atoms with E-state index in [0.29, 0.717) is 45.4 Å². The van der Waals surface area contributed by atoms with Crippen LogP contribution in [-0.4, -0.2) is 40.8 Å². The van der Waals surface area contributed by atoms with Crippen LogP contribution in [0.4, 0.5) is 0 Å². The van der Waals surface area contributed by atoms with Crippen molar-refractivity contribution in [1.29, 1.82) is 0 Å². The highest BCUT2D eigenvalue weighted by molar-refractivity contribution is 6.30. The lowest BCUT2D eigenvalue weighted by atomic mass is 10.0. The molecular formula is C24H25ClN2O5. The Morgan fingerprint density at radius 3 is 2.38 bits per heavy atom. The summed E-state index contributed by atoms with van der Waals surface area (Å²) in [6, 6.07) is 9.94. The number of benzene rings is 1. The van der Waals surface area contributed by atoms with Gasteiger partial charge in [-0.15, -0.1) is 0 Å². The molecule has 32 heavy (non-hydrogen) atoms. The van der Waals surface area contributed by atoms with E-state index in [0.717, 1.165) is 0 Å². The molecule has 0 unspecified atom stereocenters. The van der Waals surface area contributed by atoms with Crippen molar-refractivity contribution in [3.8, 4) is 0 Å². The van der Waals surface area contributed by atoms with Gasteiger partial charge in [0.05, 0.1) is 26.5 Å². The lowest BCUT2D eigenvalue weighted by Gasteiger charge is -2.21. The molecule has 0 radical (unpaired) electrons. The van der Waals surface area contributed by atoms with Gasteiger partial charge in [0.1, 0.15) is 11.5 Å². The Hall–Kier alpha value is -3.32. The number of aromatic nitrogens is 1. The van der Waals surface area contributed by atoms with E-state index in [2.05, 4.69) is 0 Å². The van der Waals surface area contributed by atoms with Crippen molar-refractivity contribution >= 4 is 29.3 Å². The standard InChI is InChI=1S/C24H25ClN2O5/c1-5-27-16(3)21(15(2)22(27)24(30)31-4)20(28)14-26(13-19-7-6-12-32-19)23(29)17-8-10-18(25)11-9-17/h6-12H,5,13-14H2,1-4H3. The SMILES string of the molecule is CCn1c(C)c(C(=O)CN(Cc2ccco2)C(=O)c2ccc(Cl)cc2)c(C)c1C(=O)OC. The molecular weight excluding hydrogens is 432 g/mol. The van der Waals surface area contributed by atoms with Gasteiger partial charge in [0.15, 0.2) is 5.78 Å². The number of methoxy groups -OCH3 is 1. The number of ether oxygens (including phenoxy) is 1. The van der Waals surface area contributed by atoms with Gasteiger partial charge in [0.25, 0.3) is 5.91 Å². The number of rotatable bonds is 8. The first-order valence-corrected chi connectivity index (χ1v) is 10.5. The maximum atomic E-state index is 13.4. The molecule has 2 aromatic heterocycles. The van der Waals surface area contributed by atoms with E-state index in [1.807, 2.05) is 6.92 Å². The van der Waals surface area contributed by atoms with E-state index in [-0.39, 0.29) is 24.8 Å². The Bertz CT molecular complexity index is 1130. The number of hydrogen-bond donors (Lipinski definition) is 0. The summed E-state index contributed by atoms with van der Waals surface area (Å²) in [7, 11) is 1.31. The minimum atomic E-state index is -0.504.